The van der Waals surface area contributed by atoms with Crippen LogP contribution in [0.5, 0.6) is 11.6 Å². The van der Waals surface area contributed by atoms with E-state index in [2.05, 4.69) is 19.9 Å². The SMILES string of the molecule is O=C1[C@H](Oc2cncc3nnc(-c4ccc(OC(F)F)cc4)n23)[C@H](c2ccc(F)c(F)c2)N1C1CC1. The second-order valence-corrected chi connectivity index (χ2v) is 8.50. The van der Waals surface area contributed by atoms with Crippen molar-refractivity contribution in [1.82, 2.24) is 24.5 Å². The summed E-state index contributed by atoms with van der Waals surface area (Å²) in [5, 5.41) is 8.24. The molecule has 2 atom stereocenters. The van der Waals surface area contributed by atoms with Crippen molar-refractivity contribution < 1.29 is 31.8 Å². The second kappa shape index (κ2) is 8.47. The highest BCUT2D eigenvalue weighted by Crippen LogP contribution is 2.45. The van der Waals surface area contributed by atoms with E-state index in [9.17, 15) is 22.4 Å². The zero-order valence-electron chi connectivity index (χ0n) is 18.4. The fourth-order valence-electron chi connectivity index (χ4n) is 4.40. The molecule has 1 saturated heterocycles. The molecule has 2 fully saturated rings. The number of likely N-dealkylation sites (tertiary alicyclic amines) is 1. The molecular weight excluding hydrogens is 482 g/mol. The first-order valence-electron chi connectivity index (χ1n) is 11.1. The number of halogens is 4. The van der Waals surface area contributed by atoms with Crippen molar-refractivity contribution in [1.29, 1.82) is 0 Å². The molecule has 4 aromatic rings. The van der Waals surface area contributed by atoms with Crippen LogP contribution in [0.3, 0.4) is 0 Å². The number of nitrogens with zero attached hydrogens (tertiary/aromatic N) is 5. The lowest BCUT2D eigenvalue weighted by atomic mass is 9.90. The van der Waals surface area contributed by atoms with Crippen molar-refractivity contribution in [3.8, 4) is 23.0 Å². The molecule has 1 aliphatic heterocycles. The standard InChI is InChI=1S/C24H17F4N5O3/c25-16-8-3-13(9-17(16)26)20-21(23(34)32(20)14-4-5-14)36-19-11-29-10-18-30-31-22(33(18)19)12-1-6-15(7-2-12)35-24(27)28/h1-3,6-11,14,20-21,24H,4-5H2/t20-,21+/m0/s1. The molecule has 1 aliphatic carbocycles. The number of amides is 1. The molecule has 0 bridgehead atoms. The second-order valence-electron chi connectivity index (χ2n) is 8.50. The number of carbonyl (C=O) groups is 1. The summed E-state index contributed by atoms with van der Waals surface area (Å²) < 4.78 is 64.5. The number of ether oxygens (including phenoxy) is 2. The number of hydrogen-bond donors (Lipinski definition) is 0. The number of β-lactam (4-membered cyclic amide) rings is 1. The third-order valence-electron chi connectivity index (χ3n) is 6.18. The largest absolute Gasteiger partial charge is 0.461 e. The molecule has 6 rings (SSSR count). The summed E-state index contributed by atoms with van der Waals surface area (Å²) in [6, 6.07) is 8.76. The Balaban J connectivity index is 1.35. The molecule has 0 spiro atoms. The molecule has 2 aromatic heterocycles. The van der Waals surface area contributed by atoms with Gasteiger partial charge in [-0.1, -0.05) is 6.07 Å². The van der Waals surface area contributed by atoms with Crippen molar-refractivity contribution in [2.75, 3.05) is 0 Å². The molecule has 1 amide bonds. The predicted octanol–water partition coefficient (Wildman–Crippen LogP) is 4.16. The zero-order chi connectivity index (χ0) is 25.0. The number of benzene rings is 2. The first-order valence-corrected chi connectivity index (χ1v) is 11.1. The normalized spacial score (nSPS) is 19.6. The van der Waals surface area contributed by atoms with Gasteiger partial charge in [0.2, 0.25) is 12.0 Å². The number of aromatic nitrogens is 4. The molecule has 1 saturated carbocycles. The Bertz CT molecular complexity index is 1460. The molecule has 8 nitrogen and oxygen atoms in total. The van der Waals surface area contributed by atoms with E-state index < -0.39 is 30.4 Å². The van der Waals surface area contributed by atoms with Gasteiger partial charge in [-0.15, -0.1) is 10.2 Å². The van der Waals surface area contributed by atoms with Crippen LogP contribution in [0.2, 0.25) is 0 Å². The maximum atomic E-state index is 14.0. The van der Waals surface area contributed by atoms with Crippen LogP contribution in [0, 0.1) is 11.6 Å². The van der Waals surface area contributed by atoms with Gasteiger partial charge in [0.25, 0.3) is 5.91 Å². The van der Waals surface area contributed by atoms with Gasteiger partial charge in [-0.25, -0.2) is 13.2 Å². The molecule has 0 unspecified atom stereocenters. The summed E-state index contributed by atoms with van der Waals surface area (Å²) >= 11 is 0. The highest BCUT2D eigenvalue weighted by molar-refractivity contribution is 5.90. The topological polar surface area (TPSA) is 81.8 Å². The van der Waals surface area contributed by atoms with Crippen molar-refractivity contribution in [3.63, 3.8) is 0 Å². The Morgan fingerprint density at radius 2 is 1.75 bits per heavy atom. The van der Waals surface area contributed by atoms with E-state index in [0.717, 1.165) is 25.0 Å². The van der Waals surface area contributed by atoms with Crippen molar-refractivity contribution >= 4 is 11.6 Å². The molecule has 2 aromatic carbocycles. The van der Waals surface area contributed by atoms with Crippen LogP contribution in [0.1, 0.15) is 24.4 Å². The lowest BCUT2D eigenvalue weighted by Gasteiger charge is -2.47. The Labute approximate surface area is 201 Å². The lowest BCUT2D eigenvalue weighted by Crippen LogP contribution is -2.62. The lowest BCUT2D eigenvalue weighted by molar-refractivity contribution is -0.165. The fraction of sp³-hybridized carbons (Fsp3) is 0.250. The summed E-state index contributed by atoms with van der Waals surface area (Å²) in [5.41, 5.74) is 1.27. The van der Waals surface area contributed by atoms with Gasteiger partial charge in [0.1, 0.15) is 11.8 Å². The number of alkyl halides is 2. The van der Waals surface area contributed by atoms with E-state index in [0.29, 0.717) is 22.6 Å². The highest BCUT2D eigenvalue weighted by Gasteiger charge is 2.55. The Kier molecular flexibility index (Phi) is 5.23. The van der Waals surface area contributed by atoms with Gasteiger partial charge in [0.15, 0.2) is 23.1 Å². The third kappa shape index (κ3) is 3.78. The van der Waals surface area contributed by atoms with Crippen LogP contribution in [0.25, 0.3) is 17.0 Å². The summed E-state index contributed by atoms with van der Waals surface area (Å²) in [6.07, 6.45) is 3.50. The summed E-state index contributed by atoms with van der Waals surface area (Å²) in [7, 11) is 0. The smallest absolute Gasteiger partial charge is 0.387 e. The summed E-state index contributed by atoms with van der Waals surface area (Å²) in [4.78, 5) is 18.8. The molecular formula is C24H17F4N5O3. The van der Waals surface area contributed by atoms with Gasteiger partial charge in [-0.2, -0.15) is 8.78 Å². The van der Waals surface area contributed by atoms with Crippen LogP contribution in [-0.4, -0.2) is 49.1 Å². The first kappa shape index (κ1) is 22.3. The van der Waals surface area contributed by atoms with Gasteiger partial charge in [-0.05, 0) is 54.8 Å². The van der Waals surface area contributed by atoms with E-state index in [-0.39, 0.29) is 23.6 Å². The molecule has 184 valence electrons. The van der Waals surface area contributed by atoms with Crippen molar-refractivity contribution in [2.45, 2.75) is 37.6 Å². The minimum absolute atomic E-state index is 0.0182. The fourth-order valence-corrected chi connectivity index (χ4v) is 4.40. The summed E-state index contributed by atoms with van der Waals surface area (Å²) in [5.74, 6) is -1.80. The molecule has 0 radical (unpaired) electrons. The van der Waals surface area contributed by atoms with Gasteiger partial charge in [-0.3, -0.25) is 9.78 Å². The minimum Gasteiger partial charge on any atom is -0.461 e. The van der Waals surface area contributed by atoms with Crippen LogP contribution >= 0.6 is 0 Å². The highest BCUT2D eigenvalue weighted by atomic mass is 19.3. The van der Waals surface area contributed by atoms with Gasteiger partial charge < -0.3 is 14.4 Å². The molecule has 36 heavy (non-hydrogen) atoms. The van der Waals surface area contributed by atoms with E-state index >= 15 is 0 Å². The maximum absolute atomic E-state index is 14.0. The van der Waals surface area contributed by atoms with E-state index in [4.69, 9.17) is 4.74 Å². The van der Waals surface area contributed by atoms with Gasteiger partial charge in [0, 0.05) is 11.6 Å². The van der Waals surface area contributed by atoms with Crippen LogP contribution in [0.15, 0.2) is 54.9 Å². The van der Waals surface area contributed by atoms with E-state index in [1.807, 2.05) is 0 Å². The first-order chi connectivity index (χ1) is 17.4. The van der Waals surface area contributed by atoms with Crippen LogP contribution in [-0.2, 0) is 4.79 Å². The number of hydrogen-bond acceptors (Lipinski definition) is 6. The number of carbonyl (C=O) groups excluding carboxylic acids is 1. The zero-order valence-corrected chi connectivity index (χ0v) is 18.4. The Morgan fingerprint density at radius 3 is 2.44 bits per heavy atom. The number of rotatable bonds is 7. The molecule has 3 heterocycles. The summed E-state index contributed by atoms with van der Waals surface area (Å²) in [6.45, 7) is -2.95. The average Bonchev–Trinajstić information content (AvgIpc) is 3.59. The molecule has 2 aliphatic rings. The molecule has 12 heteroatoms. The number of fused-ring (bicyclic) bond motifs is 1. The van der Waals surface area contributed by atoms with Crippen LogP contribution in [0.4, 0.5) is 17.6 Å². The quantitative estimate of drug-likeness (QED) is 0.281. The minimum atomic E-state index is -2.95. The van der Waals surface area contributed by atoms with Crippen LogP contribution < -0.4 is 9.47 Å². The van der Waals surface area contributed by atoms with Gasteiger partial charge in [0.05, 0.1) is 12.4 Å². The maximum Gasteiger partial charge on any atom is 0.387 e. The Morgan fingerprint density at radius 1 is 0.972 bits per heavy atom. The third-order valence-corrected chi connectivity index (χ3v) is 6.18. The predicted molar refractivity (Wildman–Crippen MR) is 116 cm³/mol. The average molecular weight is 499 g/mol. The Hall–Kier alpha value is -4.22. The van der Waals surface area contributed by atoms with E-state index in [1.165, 1.54) is 47.1 Å². The van der Waals surface area contributed by atoms with Crippen molar-refractivity contribution in [2.24, 2.45) is 0 Å². The van der Waals surface area contributed by atoms with Gasteiger partial charge >= 0.3 is 6.61 Å². The molecule has 0 N–H and O–H groups in total. The van der Waals surface area contributed by atoms with Crippen molar-refractivity contribution in [3.05, 3.63) is 72.1 Å². The monoisotopic (exact) mass is 499 g/mol. The van der Waals surface area contributed by atoms with E-state index in [1.54, 1.807) is 4.90 Å².